The van der Waals surface area contributed by atoms with Gasteiger partial charge in [0.25, 0.3) is 5.91 Å². The second kappa shape index (κ2) is 8.12. The highest BCUT2D eigenvalue weighted by Crippen LogP contribution is 2.42. The number of hydrogen-bond acceptors (Lipinski definition) is 6. The van der Waals surface area contributed by atoms with E-state index < -0.39 is 23.2 Å². The quantitative estimate of drug-likeness (QED) is 0.524. The third-order valence-electron chi connectivity index (χ3n) is 6.31. The summed E-state index contributed by atoms with van der Waals surface area (Å²) in [5.41, 5.74) is -1.64. The maximum atomic E-state index is 14.7. The van der Waals surface area contributed by atoms with Crippen LogP contribution in [0.25, 0.3) is 10.9 Å². The molecule has 1 aromatic heterocycles. The molecule has 0 aliphatic carbocycles. The smallest absolute Gasteiger partial charge is 0.300 e. The maximum Gasteiger partial charge on any atom is 0.300 e. The zero-order chi connectivity index (χ0) is 25.9. The van der Waals surface area contributed by atoms with Gasteiger partial charge in [-0.05, 0) is 59.2 Å². The number of aromatic nitrogens is 2. The van der Waals surface area contributed by atoms with Crippen molar-refractivity contribution in [1.82, 2.24) is 9.97 Å². The molecule has 0 spiro atoms. The van der Waals surface area contributed by atoms with E-state index in [9.17, 15) is 18.7 Å². The summed E-state index contributed by atoms with van der Waals surface area (Å²) in [7, 11) is 1.69. The van der Waals surface area contributed by atoms with Crippen LogP contribution in [0.1, 0.15) is 57.6 Å². The van der Waals surface area contributed by atoms with Crippen LogP contribution >= 0.6 is 0 Å². The highest BCUT2D eigenvalue weighted by Gasteiger charge is 2.47. The van der Waals surface area contributed by atoms with Crippen LogP contribution in [0.4, 0.5) is 20.3 Å². The van der Waals surface area contributed by atoms with Gasteiger partial charge in [-0.15, -0.1) is 0 Å². The van der Waals surface area contributed by atoms with Crippen molar-refractivity contribution in [3.63, 3.8) is 0 Å². The predicted octanol–water partition coefficient (Wildman–Crippen LogP) is 5.11. The topological polar surface area (TPSA) is 87.6 Å². The molecule has 2 N–H and O–H groups in total. The monoisotopic (exact) mass is 484 g/mol. The van der Waals surface area contributed by atoms with Gasteiger partial charge in [0, 0.05) is 30.1 Å². The van der Waals surface area contributed by atoms with E-state index in [0.717, 1.165) is 13.8 Å². The first kappa shape index (κ1) is 24.8. The average molecular weight is 485 g/mol. The Bertz CT molecular complexity index is 1320. The number of aryl methyl sites for hydroxylation is 1. The van der Waals surface area contributed by atoms with E-state index in [0.29, 0.717) is 39.5 Å². The molecule has 1 unspecified atom stereocenters. The van der Waals surface area contributed by atoms with E-state index in [1.165, 1.54) is 12.1 Å². The molecular weight excluding hydrogens is 454 g/mol. The molecular formula is C26H30F2N4O3. The Labute approximate surface area is 203 Å². The Morgan fingerprint density at radius 2 is 1.86 bits per heavy atom. The normalized spacial score (nSPS) is 16.6. The second-order valence-electron chi connectivity index (χ2n) is 10.1. The van der Waals surface area contributed by atoms with Gasteiger partial charge in [0.05, 0.1) is 11.2 Å². The number of alkyl halides is 2. The fraction of sp³-hybridized carbons (Fsp3) is 0.423. The van der Waals surface area contributed by atoms with Gasteiger partial charge in [-0.25, -0.2) is 9.97 Å². The average Bonchev–Trinajstić information content (AvgIpc) is 2.75. The number of amides is 1. The highest BCUT2D eigenvalue weighted by molar-refractivity contribution is 6.05. The third-order valence-corrected chi connectivity index (χ3v) is 6.31. The first-order valence-electron chi connectivity index (χ1n) is 11.4. The zero-order valence-electron chi connectivity index (χ0n) is 20.9. The minimum atomic E-state index is -3.43. The van der Waals surface area contributed by atoms with Gasteiger partial charge < -0.3 is 20.1 Å². The molecule has 1 aliphatic rings. The summed E-state index contributed by atoms with van der Waals surface area (Å²) in [5.74, 6) is -2.03. The van der Waals surface area contributed by atoms with E-state index in [-0.39, 0.29) is 11.5 Å². The van der Waals surface area contributed by atoms with Gasteiger partial charge >= 0.3 is 5.92 Å². The van der Waals surface area contributed by atoms with Crippen LogP contribution in [0.3, 0.4) is 0 Å². The molecule has 9 heteroatoms. The first-order valence-corrected chi connectivity index (χ1v) is 11.4. The Morgan fingerprint density at radius 3 is 2.51 bits per heavy atom. The van der Waals surface area contributed by atoms with Crippen molar-refractivity contribution in [2.75, 3.05) is 17.3 Å². The first-order chi connectivity index (χ1) is 16.1. The summed E-state index contributed by atoms with van der Waals surface area (Å²) in [6.45, 7) is 9.21. The third kappa shape index (κ3) is 4.29. The number of fused-ring (bicyclic) bond motifs is 2. The standard InChI is InChI=1S/C26H30F2N4O3/c1-14(16-9-8-10-17(11-16)26(27,28)25(5,6)34)29-22-18-12-20-21(13-19(18)30-15(2)31-22)35-24(3,4)23(33)32(20)7/h8-14,34H,1-7H3,(H,29,30,31). The van der Waals surface area contributed by atoms with Crippen LogP contribution in [0.15, 0.2) is 36.4 Å². The molecule has 0 bridgehead atoms. The lowest BCUT2D eigenvalue weighted by Crippen LogP contribution is -2.50. The lowest BCUT2D eigenvalue weighted by atomic mass is 9.91. The van der Waals surface area contributed by atoms with Gasteiger partial charge in [0.15, 0.2) is 5.60 Å². The van der Waals surface area contributed by atoms with Crippen LogP contribution in [-0.2, 0) is 10.7 Å². The minimum Gasteiger partial charge on any atom is -0.476 e. The number of carbonyl (C=O) groups excluding carboxylic acids is 1. The van der Waals surface area contributed by atoms with E-state index in [1.54, 1.807) is 57.0 Å². The molecule has 4 rings (SSSR count). The second-order valence-corrected chi connectivity index (χ2v) is 10.1. The van der Waals surface area contributed by atoms with Crippen molar-refractivity contribution in [1.29, 1.82) is 0 Å². The van der Waals surface area contributed by atoms with E-state index in [1.807, 2.05) is 6.92 Å². The number of halogens is 2. The maximum absolute atomic E-state index is 14.7. The summed E-state index contributed by atoms with van der Waals surface area (Å²) < 4.78 is 35.4. The number of ether oxygens (including phenoxy) is 1. The van der Waals surface area contributed by atoms with Crippen LogP contribution in [0.2, 0.25) is 0 Å². The van der Waals surface area contributed by atoms with Crippen molar-refractivity contribution in [3.8, 4) is 5.75 Å². The lowest BCUT2D eigenvalue weighted by Gasteiger charge is -2.37. The van der Waals surface area contributed by atoms with Crippen molar-refractivity contribution in [2.45, 2.75) is 64.7 Å². The zero-order valence-corrected chi connectivity index (χ0v) is 20.9. The molecule has 186 valence electrons. The van der Waals surface area contributed by atoms with Crippen LogP contribution < -0.4 is 15.0 Å². The summed E-state index contributed by atoms with van der Waals surface area (Å²) in [5, 5.41) is 13.9. The van der Waals surface area contributed by atoms with Gasteiger partial charge in [-0.2, -0.15) is 8.78 Å². The van der Waals surface area contributed by atoms with Gasteiger partial charge in [-0.1, -0.05) is 18.2 Å². The van der Waals surface area contributed by atoms with Crippen molar-refractivity contribution >= 4 is 28.3 Å². The van der Waals surface area contributed by atoms with Crippen molar-refractivity contribution in [2.24, 2.45) is 0 Å². The number of anilines is 2. The van der Waals surface area contributed by atoms with Gasteiger partial charge in [-0.3, -0.25) is 4.79 Å². The molecule has 0 fully saturated rings. The van der Waals surface area contributed by atoms with Crippen LogP contribution in [-0.4, -0.2) is 39.2 Å². The number of likely N-dealkylation sites (N-methyl/N-ethyl adjacent to an activating group) is 1. The molecule has 2 aromatic carbocycles. The number of carbonyl (C=O) groups is 1. The Balaban J connectivity index is 1.74. The van der Waals surface area contributed by atoms with Gasteiger partial charge in [0.1, 0.15) is 23.0 Å². The Morgan fingerprint density at radius 1 is 1.17 bits per heavy atom. The Hall–Kier alpha value is -3.33. The number of benzene rings is 2. The molecule has 0 saturated heterocycles. The molecule has 35 heavy (non-hydrogen) atoms. The SMILES string of the molecule is Cc1nc(NC(C)c2cccc(C(F)(F)C(C)(C)O)c2)c2cc3c(cc2n1)OC(C)(C)C(=O)N3C. The summed E-state index contributed by atoms with van der Waals surface area (Å²) in [6, 6.07) is 9.16. The van der Waals surface area contributed by atoms with E-state index >= 15 is 0 Å². The summed E-state index contributed by atoms with van der Waals surface area (Å²) in [6.07, 6.45) is 0. The van der Waals surface area contributed by atoms with Crippen molar-refractivity contribution in [3.05, 3.63) is 53.3 Å². The number of nitrogens with zero attached hydrogens (tertiary/aromatic N) is 3. The molecule has 1 amide bonds. The summed E-state index contributed by atoms with van der Waals surface area (Å²) >= 11 is 0. The predicted molar refractivity (Wildman–Crippen MR) is 131 cm³/mol. The molecule has 7 nitrogen and oxygen atoms in total. The molecule has 1 aliphatic heterocycles. The van der Waals surface area contributed by atoms with E-state index in [4.69, 9.17) is 4.74 Å². The molecule has 2 heterocycles. The molecule has 0 radical (unpaired) electrons. The Kier molecular flexibility index (Phi) is 5.75. The van der Waals surface area contributed by atoms with Crippen LogP contribution in [0, 0.1) is 6.92 Å². The molecule has 0 saturated carbocycles. The number of nitrogens with one attached hydrogen (secondary N) is 1. The fourth-order valence-electron chi connectivity index (χ4n) is 4.19. The largest absolute Gasteiger partial charge is 0.476 e. The number of aliphatic hydroxyl groups is 1. The molecule has 3 aromatic rings. The van der Waals surface area contributed by atoms with Crippen molar-refractivity contribution < 1.29 is 23.4 Å². The lowest BCUT2D eigenvalue weighted by molar-refractivity contribution is -0.168. The van der Waals surface area contributed by atoms with E-state index in [2.05, 4.69) is 15.3 Å². The number of hydrogen-bond donors (Lipinski definition) is 2. The van der Waals surface area contributed by atoms with Crippen LogP contribution in [0.5, 0.6) is 5.75 Å². The fourth-order valence-corrected chi connectivity index (χ4v) is 4.19. The molecule has 1 atom stereocenters. The highest BCUT2D eigenvalue weighted by atomic mass is 19.3. The number of rotatable bonds is 5. The minimum absolute atomic E-state index is 0.176. The summed E-state index contributed by atoms with van der Waals surface area (Å²) in [4.78, 5) is 23.3. The van der Waals surface area contributed by atoms with Gasteiger partial charge in [0.2, 0.25) is 0 Å².